The van der Waals surface area contributed by atoms with Gasteiger partial charge in [0.05, 0.1) is 12.9 Å². The lowest BCUT2D eigenvalue weighted by atomic mass is 10.2. The number of nitrogens with two attached hydrogens (primary N) is 1. The molecule has 1 aromatic rings. The lowest BCUT2D eigenvalue weighted by molar-refractivity contribution is 0.414. The number of sulfonamides is 1. The highest BCUT2D eigenvalue weighted by Gasteiger charge is 2.03. The number of benzene rings is 1. The van der Waals surface area contributed by atoms with E-state index in [0.29, 0.717) is 6.54 Å². The first kappa shape index (κ1) is 12.8. The molecular formula is C10H16N2O3S. The van der Waals surface area contributed by atoms with E-state index in [-0.39, 0.29) is 5.75 Å². The van der Waals surface area contributed by atoms with Gasteiger partial charge in [0.2, 0.25) is 10.0 Å². The van der Waals surface area contributed by atoms with Gasteiger partial charge in [-0.05, 0) is 30.7 Å². The third-order valence-corrected chi connectivity index (χ3v) is 2.91. The molecule has 1 rings (SSSR count). The van der Waals surface area contributed by atoms with E-state index < -0.39 is 10.0 Å². The van der Waals surface area contributed by atoms with Gasteiger partial charge in [-0.25, -0.2) is 13.6 Å². The van der Waals surface area contributed by atoms with Crippen LogP contribution in [-0.2, 0) is 10.0 Å². The molecule has 0 saturated heterocycles. The minimum atomic E-state index is -3.41. The first-order chi connectivity index (χ1) is 7.42. The Morgan fingerprint density at radius 1 is 1.44 bits per heavy atom. The van der Waals surface area contributed by atoms with Crippen LogP contribution in [0.1, 0.15) is 5.56 Å². The van der Waals surface area contributed by atoms with Gasteiger partial charge in [-0.3, -0.25) is 0 Å². The smallest absolute Gasteiger partial charge is 0.210 e. The van der Waals surface area contributed by atoms with E-state index >= 15 is 0 Å². The zero-order valence-electron chi connectivity index (χ0n) is 9.36. The molecule has 0 fully saturated rings. The quantitative estimate of drug-likeness (QED) is 0.799. The maximum Gasteiger partial charge on any atom is 0.210 e. The predicted octanol–water partition coefficient (Wildman–Crippen LogP) is 0.704. The molecule has 0 unspecified atom stereocenters. The fraction of sp³-hybridized carbons (Fsp3) is 0.400. The second-order valence-corrected chi connectivity index (χ2v) is 5.21. The van der Waals surface area contributed by atoms with E-state index in [1.54, 1.807) is 7.11 Å². The van der Waals surface area contributed by atoms with Crippen molar-refractivity contribution in [2.24, 2.45) is 5.14 Å². The van der Waals surface area contributed by atoms with E-state index in [2.05, 4.69) is 5.32 Å². The van der Waals surface area contributed by atoms with Crippen LogP contribution in [0, 0.1) is 6.92 Å². The van der Waals surface area contributed by atoms with Gasteiger partial charge in [0.25, 0.3) is 0 Å². The summed E-state index contributed by atoms with van der Waals surface area (Å²) in [7, 11) is -1.81. The van der Waals surface area contributed by atoms with E-state index in [4.69, 9.17) is 9.88 Å². The second kappa shape index (κ2) is 5.18. The highest BCUT2D eigenvalue weighted by Crippen LogP contribution is 2.20. The Balaban J connectivity index is 2.61. The fourth-order valence-electron chi connectivity index (χ4n) is 1.29. The molecule has 16 heavy (non-hydrogen) atoms. The van der Waals surface area contributed by atoms with Crippen molar-refractivity contribution >= 4 is 15.7 Å². The van der Waals surface area contributed by atoms with Crippen LogP contribution >= 0.6 is 0 Å². The van der Waals surface area contributed by atoms with Crippen molar-refractivity contribution in [2.45, 2.75) is 6.92 Å². The van der Waals surface area contributed by atoms with E-state index in [9.17, 15) is 8.42 Å². The molecule has 0 bridgehead atoms. The maximum absolute atomic E-state index is 10.7. The van der Waals surface area contributed by atoms with Gasteiger partial charge in [0, 0.05) is 12.2 Å². The Morgan fingerprint density at radius 3 is 2.62 bits per heavy atom. The van der Waals surface area contributed by atoms with E-state index in [1.165, 1.54) is 0 Å². The lowest BCUT2D eigenvalue weighted by Crippen LogP contribution is -2.22. The number of primary sulfonamides is 1. The molecule has 0 radical (unpaired) electrons. The fourth-order valence-corrected chi connectivity index (χ4v) is 1.68. The Kier molecular flexibility index (Phi) is 4.14. The Hall–Kier alpha value is -1.27. The van der Waals surface area contributed by atoms with Crippen molar-refractivity contribution in [3.05, 3.63) is 23.8 Å². The number of hydrogen-bond acceptors (Lipinski definition) is 4. The van der Waals surface area contributed by atoms with Gasteiger partial charge in [0.15, 0.2) is 0 Å². The zero-order valence-corrected chi connectivity index (χ0v) is 10.2. The van der Waals surface area contributed by atoms with Gasteiger partial charge in [-0.2, -0.15) is 0 Å². The molecule has 0 aliphatic heterocycles. The molecule has 0 aliphatic rings. The molecule has 1 aromatic carbocycles. The summed E-state index contributed by atoms with van der Waals surface area (Å²) in [6.45, 7) is 2.22. The number of aryl methyl sites for hydroxylation is 1. The molecule has 0 spiro atoms. The molecule has 0 saturated carbocycles. The Labute approximate surface area is 95.7 Å². The lowest BCUT2D eigenvalue weighted by Gasteiger charge is -2.10. The number of rotatable bonds is 5. The molecule has 0 heterocycles. The average Bonchev–Trinajstić information content (AvgIpc) is 2.18. The number of ether oxygens (including phenoxy) is 1. The van der Waals surface area contributed by atoms with Gasteiger partial charge in [0.1, 0.15) is 5.75 Å². The molecule has 0 amide bonds. The van der Waals surface area contributed by atoms with Crippen LogP contribution in [0.5, 0.6) is 5.75 Å². The Morgan fingerprint density at radius 2 is 2.12 bits per heavy atom. The number of methoxy groups -OCH3 is 1. The summed E-state index contributed by atoms with van der Waals surface area (Å²) in [5, 5.41) is 7.90. The second-order valence-electron chi connectivity index (χ2n) is 3.47. The predicted molar refractivity (Wildman–Crippen MR) is 64.2 cm³/mol. The highest BCUT2D eigenvalue weighted by molar-refractivity contribution is 7.89. The minimum Gasteiger partial charge on any atom is -0.497 e. The monoisotopic (exact) mass is 244 g/mol. The van der Waals surface area contributed by atoms with Gasteiger partial charge < -0.3 is 10.1 Å². The van der Waals surface area contributed by atoms with Crippen LogP contribution in [0.25, 0.3) is 0 Å². The van der Waals surface area contributed by atoms with Crippen LogP contribution in [0.4, 0.5) is 5.69 Å². The molecule has 5 nitrogen and oxygen atoms in total. The molecule has 0 aliphatic carbocycles. The van der Waals surface area contributed by atoms with Crippen molar-refractivity contribution < 1.29 is 13.2 Å². The number of anilines is 1. The van der Waals surface area contributed by atoms with Crippen molar-refractivity contribution in [1.82, 2.24) is 0 Å². The van der Waals surface area contributed by atoms with Crippen LogP contribution in [0.3, 0.4) is 0 Å². The SMILES string of the molecule is COc1ccc(NCCS(N)(=O)=O)c(C)c1. The van der Waals surface area contributed by atoms with Gasteiger partial charge in [-0.15, -0.1) is 0 Å². The van der Waals surface area contributed by atoms with Crippen molar-refractivity contribution in [3.8, 4) is 5.75 Å². The third-order valence-electron chi connectivity index (χ3n) is 2.14. The summed E-state index contributed by atoms with van der Waals surface area (Å²) < 4.78 is 26.5. The van der Waals surface area contributed by atoms with Crippen LogP contribution < -0.4 is 15.2 Å². The summed E-state index contributed by atoms with van der Waals surface area (Å²) in [4.78, 5) is 0. The minimum absolute atomic E-state index is 0.0849. The van der Waals surface area contributed by atoms with Crippen molar-refractivity contribution in [3.63, 3.8) is 0 Å². The summed E-state index contributed by atoms with van der Waals surface area (Å²) in [6, 6.07) is 5.53. The summed E-state index contributed by atoms with van der Waals surface area (Å²) in [5.74, 6) is 0.688. The van der Waals surface area contributed by atoms with Crippen molar-refractivity contribution in [2.75, 3.05) is 24.7 Å². The van der Waals surface area contributed by atoms with E-state index in [1.807, 2.05) is 25.1 Å². The highest BCUT2D eigenvalue weighted by atomic mass is 32.2. The average molecular weight is 244 g/mol. The van der Waals surface area contributed by atoms with Crippen molar-refractivity contribution in [1.29, 1.82) is 0 Å². The van der Waals surface area contributed by atoms with Crippen LogP contribution in [0.15, 0.2) is 18.2 Å². The van der Waals surface area contributed by atoms with Crippen LogP contribution in [-0.4, -0.2) is 27.8 Å². The van der Waals surface area contributed by atoms with Gasteiger partial charge >= 0.3 is 0 Å². The molecule has 6 heteroatoms. The van der Waals surface area contributed by atoms with E-state index in [0.717, 1.165) is 17.0 Å². The summed E-state index contributed by atoms with van der Waals surface area (Å²) in [5.41, 5.74) is 1.87. The normalized spacial score (nSPS) is 11.2. The molecular weight excluding hydrogens is 228 g/mol. The zero-order chi connectivity index (χ0) is 12.2. The van der Waals surface area contributed by atoms with Gasteiger partial charge in [-0.1, -0.05) is 0 Å². The number of nitrogens with one attached hydrogen (secondary N) is 1. The number of hydrogen-bond donors (Lipinski definition) is 2. The maximum atomic E-state index is 10.7. The first-order valence-corrected chi connectivity index (χ1v) is 6.53. The van der Waals surface area contributed by atoms with Crippen LogP contribution in [0.2, 0.25) is 0 Å². The molecule has 90 valence electrons. The molecule has 3 N–H and O–H groups in total. The Bertz CT molecular complexity index is 457. The molecule has 0 atom stereocenters. The third kappa shape index (κ3) is 4.08. The standard InChI is InChI=1S/C10H16N2O3S/c1-8-7-9(15-2)3-4-10(8)12-5-6-16(11,13)14/h3-4,7,12H,5-6H2,1-2H3,(H2,11,13,14). The first-order valence-electron chi connectivity index (χ1n) is 4.81. The summed E-state index contributed by atoms with van der Waals surface area (Å²) >= 11 is 0. The largest absolute Gasteiger partial charge is 0.497 e. The molecule has 0 aromatic heterocycles. The topological polar surface area (TPSA) is 81.4 Å². The summed E-state index contributed by atoms with van der Waals surface area (Å²) in [6.07, 6.45) is 0.